The summed E-state index contributed by atoms with van der Waals surface area (Å²) >= 11 is 0. The third-order valence-electron chi connectivity index (χ3n) is 3.34. The molecule has 0 aromatic heterocycles. The van der Waals surface area contributed by atoms with Crippen molar-refractivity contribution in [3.63, 3.8) is 0 Å². The molecule has 2 aliphatic heterocycles. The standard InChI is InChI=1S/C13H22N2O4/c1-9-5-13(8-18-6-10(16)14-13)7-15(9)11(17)19-12(2,3)4/h9H,5-8H2,1-4H3,(H,14,16). The first-order valence-electron chi connectivity index (χ1n) is 6.59. The van der Waals surface area contributed by atoms with Gasteiger partial charge in [0.2, 0.25) is 5.91 Å². The van der Waals surface area contributed by atoms with Gasteiger partial charge in [-0.2, -0.15) is 0 Å². The number of rotatable bonds is 0. The van der Waals surface area contributed by atoms with Gasteiger partial charge in [0, 0.05) is 12.6 Å². The average molecular weight is 270 g/mol. The zero-order valence-electron chi connectivity index (χ0n) is 12.0. The van der Waals surface area contributed by atoms with Crippen molar-refractivity contribution in [2.75, 3.05) is 19.8 Å². The van der Waals surface area contributed by atoms with Crippen molar-refractivity contribution < 1.29 is 19.1 Å². The molecule has 108 valence electrons. The number of hydrogen-bond acceptors (Lipinski definition) is 4. The molecule has 0 radical (unpaired) electrons. The van der Waals surface area contributed by atoms with Gasteiger partial charge in [0.05, 0.1) is 12.1 Å². The zero-order chi connectivity index (χ0) is 14.3. The fraction of sp³-hybridized carbons (Fsp3) is 0.846. The van der Waals surface area contributed by atoms with Crippen LogP contribution in [0.25, 0.3) is 0 Å². The lowest BCUT2D eigenvalue weighted by molar-refractivity contribution is -0.134. The van der Waals surface area contributed by atoms with E-state index in [-0.39, 0.29) is 24.6 Å². The number of hydrogen-bond donors (Lipinski definition) is 1. The van der Waals surface area contributed by atoms with Gasteiger partial charge in [0.25, 0.3) is 0 Å². The molecule has 2 aliphatic rings. The van der Waals surface area contributed by atoms with E-state index in [0.717, 1.165) is 0 Å². The molecule has 1 spiro atoms. The Morgan fingerprint density at radius 3 is 2.79 bits per heavy atom. The van der Waals surface area contributed by atoms with Crippen molar-refractivity contribution in [1.82, 2.24) is 10.2 Å². The molecule has 2 rings (SSSR count). The second kappa shape index (κ2) is 4.67. The first-order chi connectivity index (χ1) is 8.71. The van der Waals surface area contributed by atoms with Crippen LogP contribution >= 0.6 is 0 Å². The Bertz CT molecular complexity index is 391. The maximum atomic E-state index is 12.1. The lowest BCUT2D eigenvalue weighted by atomic mass is 9.96. The lowest BCUT2D eigenvalue weighted by Gasteiger charge is -2.34. The van der Waals surface area contributed by atoms with Crippen LogP contribution in [0.3, 0.4) is 0 Å². The molecule has 0 aliphatic carbocycles. The van der Waals surface area contributed by atoms with Gasteiger partial charge in [-0.15, -0.1) is 0 Å². The van der Waals surface area contributed by atoms with E-state index in [4.69, 9.17) is 9.47 Å². The Labute approximate surface area is 113 Å². The molecule has 2 saturated heterocycles. The predicted octanol–water partition coefficient (Wildman–Crippen LogP) is 0.901. The Kier molecular flexibility index (Phi) is 3.47. The molecular weight excluding hydrogens is 248 g/mol. The molecule has 0 aromatic carbocycles. The van der Waals surface area contributed by atoms with Crippen LogP contribution in [0.4, 0.5) is 4.79 Å². The van der Waals surface area contributed by atoms with Crippen molar-refractivity contribution >= 4 is 12.0 Å². The van der Waals surface area contributed by atoms with Gasteiger partial charge >= 0.3 is 6.09 Å². The normalized spacial score (nSPS) is 31.5. The largest absolute Gasteiger partial charge is 0.444 e. The van der Waals surface area contributed by atoms with E-state index >= 15 is 0 Å². The van der Waals surface area contributed by atoms with Crippen LogP contribution < -0.4 is 5.32 Å². The molecule has 0 bridgehead atoms. The molecule has 6 heteroatoms. The van der Waals surface area contributed by atoms with E-state index in [2.05, 4.69) is 5.32 Å². The fourth-order valence-electron chi connectivity index (χ4n) is 2.69. The number of morpholine rings is 1. The van der Waals surface area contributed by atoms with Crippen molar-refractivity contribution in [3.05, 3.63) is 0 Å². The molecule has 0 aromatic rings. The Balaban J connectivity index is 2.05. The number of ether oxygens (including phenoxy) is 2. The molecule has 0 saturated carbocycles. The van der Waals surface area contributed by atoms with Gasteiger partial charge in [-0.3, -0.25) is 4.79 Å². The molecule has 2 heterocycles. The SMILES string of the molecule is CC1CC2(COCC(=O)N2)CN1C(=O)OC(C)(C)C. The Morgan fingerprint density at radius 2 is 2.21 bits per heavy atom. The summed E-state index contributed by atoms with van der Waals surface area (Å²) in [6.07, 6.45) is 0.356. The van der Waals surface area contributed by atoms with E-state index in [1.807, 2.05) is 27.7 Å². The number of carbonyl (C=O) groups excluding carboxylic acids is 2. The molecule has 19 heavy (non-hydrogen) atoms. The smallest absolute Gasteiger partial charge is 0.410 e. The van der Waals surface area contributed by atoms with Crippen LogP contribution in [-0.2, 0) is 14.3 Å². The molecule has 2 atom stereocenters. The average Bonchev–Trinajstić information content (AvgIpc) is 2.52. The molecule has 2 unspecified atom stereocenters. The highest BCUT2D eigenvalue weighted by molar-refractivity contribution is 5.79. The van der Waals surface area contributed by atoms with E-state index in [9.17, 15) is 9.59 Å². The topological polar surface area (TPSA) is 67.9 Å². The molecule has 1 N–H and O–H groups in total. The lowest BCUT2D eigenvalue weighted by Crippen LogP contribution is -2.58. The van der Waals surface area contributed by atoms with Crippen molar-refractivity contribution in [2.24, 2.45) is 0 Å². The van der Waals surface area contributed by atoms with Gasteiger partial charge in [0.15, 0.2) is 0 Å². The summed E-state index contributed by atoms with van der Waals surface area (Å²) in [7, 11) is 0. The Morgan fingerprint density at radius 1 is 1.53 bits per heavy atom. The summed E-state index contributed by atoms with van der Waals surface area (Å²) < 4.78 is 10.7. The summed E-state index contributed by atoms with van der Waals surface area (Å²) in [4.78, 5) is 25.3. The van der Waals surface area contributed by atoms with Crippen molar-refractivity contribution in [2.45, 2.75) is 51.3 Å². The number of amides is 2. The van der Waals surface area contributed by atoms with Crippen LogP contribution in [0.2, 0.25) is 0 Å². The monoisotopic (exact) mass is 270 g/mol. The zero-order valence-corrected chi connectivity index (χ0v) is 12.0. The first-order valence-corrected chi connectivity index (χ1v) is 6.59. The second-order valence-electron chi connectivity index (χ2n) is 6.48. The highest BCUT2D eigenvalue weighted by Gasteiger charge is 2.48. The van der Waals surface area contributed by atoms with Crippen molar-refractivity contribution in [1.29, 1.82) is 0 Å². The summed E-state index contributed by atoms with van der Waals surface area (Å²) in [6, 6.07) is 0.0249. The van der Waals surface area contributed by atoms with Crippen LogP contribution in [0.15, 0.2) is 0 Å². The van der Waals surface area contributed by atoms with Crippen LogP contribution in [-0.4, -0.2) is 53.8 Å². The van der Waals surface area contributed by atoms with Crippen molar-refractivity contribution in [3.8, 4) is 0 Å². The molecular formula is C13H22N2O4. The maximum absolute atomic E-state index is 12.1. The van der Waals surface area contributed by atoms with Gasteiger partial charge in [-0.1, -0.05) is 0 Å². The summed E-state index contributed by atoms with van der Waals surface area (Å²) in [5, 5.41) is 2.96. The number of carbonyl (C=O) groups is 2. The highest BCUT2D eigenvalue weighted by Crippen LogP contribution is 2.30. The predicted molar refractivity (Wildman–Crippen MR) is 68.7 cm³/mol. The van der Waals surface area contributed by atoms with Gasteiger partial charge in [0.1, 0.15) is 12.2 Å². The van der Waals surface area contributed by atoms with Gasteiger partial charge < -0.3 is 19.7 Å². The third kappa shape index (κ3) is 3.18. The van der Waals surface area contributed by atoms with E-state index in [1.165, 1.54) is 0 Å². The summed E-state index contributed by atoms with van der Waals surface area (Å²) in [5.74, 6) is -0.121. The molecule has 2 fully saturated rings. The quantitative estimate of drug-likeness (QED) is 0.710. The number of nitrogens with zero attached hydrogens (tertiary/aromatic N) is 1. The van der Waals surface area contributed by atoms with E-state index in [0.29, 0.717) is 19.6 Å². The number of likely N-dealkylation sites (tertiary alicyclic amines) is 1. The maximum Gasteiger partial charge on any atom is 0.410 e. The van der Waals surface area contributed by atoms with E-state index < -0.39 is 11.1 Å². The van der Waals surface area contributed by atoms with Gasteiger partial charge in [-0.25, -0.2) is 4.79 Å². The summed E-state index contributed by atoms with van der Waals surface area (Å²) in [6.45, 7) is 8.46. The highest BCUT2D eigenvalue weighted by atomic mass is 16.6. The van der Waals surface area contributed by atoms with Crippen LogP contribution in [0.1, 0.15) is 34.1 Å². The second-order valence-corrected chi connectivity index (χ2v) is 6.48. The van der Waals surface area contributed by atoms with Crippen LogP contribution in [0.5, 0.6) is 0 Å². The third-order valence-corrected chi connectivity index (χ3v) is 3.34. The fourth-order valence-corrected chi connectivity index (χ4v) is 2.69. The van der Waals surface area contributed by atoms with Crippen LogP contribution in [0, 0.1) is 0 Å². The first kappa shape index (κ1) is 14.1. The molecule has 2 amide bonds. The molecule has 6 nitrogen and oxygen atoms in total. The number of nitrogens with one attached hydrogen (secondary N) is 1. The Hall–Kier alpha value is -1.30. The minimum atomic E-state index is -0.515. The summed E-state index contributed by atoms with van der Waals surface area (Å²) in [5.41, 5.74) is -0.968. The van der Waals surface area contributed by atoms with Gasteiger partial charge in [-0.05, 0) is 34.1 Å². The minimum Gasteiger partial charge on any atom is -0.444 e. The van der Waals surface area contributed by atoms with E-state index in [1.54, 1.807) is 4.90 Å². The minimum absolute atomic E-state index is 0.0249.